The van der Waals surface area contributed by atoms with Crippen molar-refractivity contribution in [3.05, 3.63) is 0 Å². The second-order valence-electron chi connectivity index (χ2n) is 1.64. The van der Waals surface area contributed by atoms with E-state index in [0.29, 0.717) is 0 Å². The van der Waals surface area contributed by atoms with Gasteiger partial charge in [-0.25, -0.2) is 0 Å². The van der Waals surface area contributed by atoms with E-state index in [1.807, 2.05) is 0 Å². The molecule has 0 aromatic carbocycles. The largest absolute Gasteiger partial charge is 0.480 e. The lowest BCUT2D eigenvalue weighted by molar-refractivity contribution is -0.135. The number of nitrogens with one attached hydrogen (secondary N) is 1. The van der Waals surface area contributed by atoms with E-state index in [0.717, 1.165) is 0 Å². The number of hydrogen-bond acceptors (Lipinski definition) is 3. The number of carboxylic acids is 1. The quantitative estimate of drug-likeness (QED) is 0.240. The van der Waals surface area contributed by atoms with Crippen molar-refractivity contribution in [3.8, 4) is 0 Å². The Balaban J connectivity index is 3.39. The lowest BCUT2D eigenvalue weighted by atomic mass is 10.7. The van der Waals surface area contributed by atoms with Gasteiger partial charge in [-0.05, 0) is 0 Å². The topological polar surface area (TPSA) is 107 Å². The molecule has 0 aliphatic rings. The van der Waals surface area contributed by atoms with E-state index in [1.54, 1.807) is 0 Å². The van der Waals surface area contributed by atoms with Crippen LogP contribution in [0, 0.1) is 0 Å². The van der Waals surface area contributed by atoms with Gasteiger partial charge in [0.1, 0.15) is 0 Å². The summed E-state index contributed by atoms with van der Waals surface area (Å²) < 4.78 is 10.1. The molecule has 0 bridgehead atoms. The minimum absolute atomic E-state index is 0.439. The average Bonchev–Trinajstić information content (AvgIpc) is 1.59. The molecule has 60 valence electrons. The SMILES string of the molecule is O=C(O)C[15NH][13CH2]P(=O)(O)O. The highest BCUT2D eigenvalue weighted by Gasteiger charge is 2.11. The molecule has 0 aromatic rings. The van der Waals surface area contributed by atoms with Gasteiger partial charge < -0.3 is 14.9 Å². The minimum Gasteiger partial charge on any atom is -0.480 e. The standard InChI is InChI=1S/C3H8NO5P/c5-3(6)1-4-2-10(7,8)9/h4H,1-2H2,(H,5,6)(H2,7,8,9)/i2+1,4+1. The first kappa shape index (κ1) is 9.58. The highest BCUT2D eigenvalue weighted by Crippen LogP contribution is 2.31. The monoisotopic (exact) mass is 171 g/mol. The molecule has 7 heteroatoms. The van der Waals surface area contributed by atoms with Crippen molar-refractivity contribution in [3.63, 3.8) is 0 Å². The van der Waals surface area contributed by atoms with Gasteiger partial charge in [0.25, 0.3) is 0 Å². The maximum Gasteiger partial charge on any atom is 0.339 e. The average molecular weight is 171 g/mol. The van der Waals surface area contributed by atoms with Crippen LogP contribution in [-0.2, 0) is 9.36 Å². The molecule has 0 aromatic heterocycles. The van der Waals surface area contributed by atoms with Gasteiger partial charge >= 0.3 is 13.6 Å². The van der Waals surface area contributed by atoms with E-state index in [1.165, 1.54) is 0 Å². The molecule has 0 heterocycles. The van der Waals surface area contributed by atoms with Gasteiger partial charge in [0, 0.05) is 0 Å². The number of carbonyl (C=O) groups is 1. The molecular formula is C3H8NO5P. The van der Waals surface area contributed by atoms with Crippen LogP contribution in [0.5, 0.6) is 0 Å². The summed E-state index contributed by atoms with van der Waals surface area (Å²) in [6.07, 6.45) is -0.598. The van der Waals surface area contributed by atoms with E-state index in [4.69, 9.17) is 14.9 Å². The molecule has 0 aliphatic carbocycles. The van der Waals surface area contributed by atoms with E-state index in [9.17, 15) is 9.36 Å². The first-order valence-corrected chi connectivity index (χ1v) is 4.18. The molecule has 4 N–H and O–H groups in total. The van der Waals surface area contributed by atoms with E-state index >= 15 is 0 Å². The molecule has 0 saturated carbocycles. The molecule has 0 amide bonds. The molecule has 0 saturated heterocycles. The molecule has 0 rings (SSSR count). The summed E-state index contributed by atoms with van der Waals surface area (Å²) >= 11 is 0. The first-order valence-electron chi connectivity index (χ1n) is 2.39. The Labute approximate surface area is 57.0 Å². The van der Waals surface area contributed by atoms with Crippen LogP contribution in [0.25, 0.3) is 0 Å². The molecular weight excluding hydrogens is 163 g/mol. The normalized spacial score (nSPS) is 11.4. The minimum atomic E-state index is -4.10. The summed E-state index contributed by atoms with van der Waals surface area (Å²) in [5.41, 5.74) is 0. The van der Waals surface area contributed by atoms with Gasteiger partial charge in [-0.1, -0.05) is 0 Å². The van der Waals surface area contributed by atoms with Crippen LogP contribution in [0.3, 0.4) is 0 Å². The highest BCUT2D eigenvalue weighted by molar-refractivity contribution is 7.51. The van der Waals surface area contributed by atoms with Crippen molar-refractivity contribution in [2.75, 3.05) is 12.8 Å². The third kappa shape index (κ3) is 7.58. The van der Waals surface area contributed by atoms with Crippen molar-refractivity contribution in [2.24, 2.45) is 0 Å². The Kier molecular flexibility index (Phi) is 3.52. The number of rotatable bonds is 4. The molecule has 0 unspecified atom stereocenters. The van der Waals surface area contributed by atoms with Crippen LogP contribution in [0.1, 0.15) is 0 Å². The van der Waals surface area contributed by atoms with Crippen molar-refractivity contribution >= 4 is 13.6 Å². The second-order valence-corrected chi connectivity index (χ2v) is 3.29. The summed E-state index contributed by atoms with van der Waals surface area (Å²) in [4.78, 5) is 26.1. The summed E-state index contributed by atoms with van der Waals surface area (Å²) in [7, 11) is -4.10. The predicted molar refractivity (Wildman–Crippen MR) is 32.5 cm³/mol. The summed E-state index contributed by atoms with van der Waals surface area (Å²) in [5.74, 6) is -1.14. The Bertz CT molecular complexity index is 162. The van der Waals surface area contributed by atoms with Gasteiger partial charge in [-0.2, -0.15) is 0 Å². The van der Waals surface area contributed by atoms with Crippen molar-refractivity contribution in [1.29, 1.82) is 0 Å². The lowest BCUT2D eigenvalue weighted by Gasteiger charge is -2.02. The van der Waals surface area contributed by atoms with Gasteiger partial charge in [0.05, 0.1) is 12.8 Å². The molecule has 0 fully saturated rings. The Hall–Kier alpha value is -0.420. The van der Waals surface area contributed by atoms with Crippen molar-refractivity contribution in [1.82, 2.24) is 5.32 Å². The zero-order valence-corrected chi connectivity index (χ0v) is 5.91. The van der Waals surface area contributed by atoms with E-state index < -0.39 is 26.4 Å². The van der Waals surface area contributed by atoms with Crippen molar-refractivity contribution < 1.29 is 24.3 Å². The van der Waals surface area contributed by atoms with Crippen LogP contribution in [-0.4, -0.2) is 33.7 Å². The van der Waals surface area contributed by atoms with Crippen LogP contribution < -0.4 is 5.32 Å². The van der Waals surface area contributed by atoms with E-state index in [2.05, 4.69) is 5.32 Å². The molecule has 6 nitrogen and oxygen atoms in total. The molecule has 10 heavy (non-hydrogen) atoms. The first-order chi connectivity index (χ1) is 4.42. The van der Waals surface area contributed by atoms with Gasteiger partial charge in [-0.3, -0.25) is 14.7 Å². The Morgan fingerprint density at radius 1 is 1.50 bits per heavy atom. The van der Waals surface area contributed by atoms with Gasteiger partial charge in [0.15, 0.2) is 0 Å². The highest BCUT2D eigenvalue weighted by atomic mass is 31.2. The molecule has 0 aliphatic heterocycles. The van der Waals surface area contributed by atoms with E-state index in [-0.39, 0.29) is 0 Å². The smallest absolute Gasteiger partial charge is 0.339 e. The molecule has 0 atom stereocenters. The van der Waals surface area contributed by atoms with Gasteiger partial charge in [-0.15, -0.1) is 0 Å². The fraction of sp³-hybridized carbons (Fsp3) is 0.667. The fourth-order valence-corrected chi connectivity index (χ4v) is 0.712. The van der Waals surface area contributed by atoms with Crippen LogP contribution >= 0.6 is 7.60 Å². The second kappa shape index (κ2) is 3.68. The number of aliphatic carboxylic acids is 1. The zero-order valence-electron chi connectivity index (χ0n) is 5.02. The zero-order chi connectivity index (χ0) is 8.20. The fourth-order valence-electron chi connectivity index (χ4n) is 0.308. The predicted octanol–water partition coefficient (Wildman–Crippen LogP) is -1.20. The summed E-state index contributed by atoms with van der Waals surface area (Å²) in [6.45, 7) is -0.439. The third-order valence-corrected chi connectivity index (χ3v) is 1.23. The van der Waals surface area contributed by atoms with Crippen LogP contribution in [0.15, 0.2) is 0 Å². The lowest BCUT2D eigenvalue weighted by Crippen LogP contribution is -2.23. The Morgan fingerprint density at radius 3 is 2.30 bits per heavy atom. The summed E-state index contributed by atoms with van der Waals surface area (Å²) in [6, 6.07) is 0. The molecule has 0 spiro atoms. The van der Waals surface area contributed by atoms with Gasteiger partial charge in [0.2, 0.25) is 0 Å². The summed E-state index contributed by atoms with van der Waals surface area (Å²) in [5, 5.41) is 10.1. The van der Waals surface area contributed by atoms with Crippen molar-refractivity contribution in [2.45, 2.75) is 0 Å². The number of carboxylic acid groups (broad SMARTS) is 1. The Morgan fingerprint density at radius 2 is 2.00 bits per heavy atom. The van der Waals surface area contributed by atoms with Crippen LogP contribution in [0.4, 0.5) is 0 Å². The number of hydrogen-bond donors (Lipinski definition) is 4. The van der Waals surface area contributed by atoms with Crippen LogP contribution in [0.2, 0.25) is 0 Å². The molecule has 0 radical (unpaired) electrons. The maximum atomic E-state index is 10.1. The maximum absolute atomic E-state index is 10.1. The third-order valence-electron chi connectivity index (χ3n) is 0.594.